The van der Waals surface area contributed by atoms with Crippen LogP contribution in [0.3, 0.4) is 0 Å². The number of anilines is 1. The van der Waals surface area contributed by atoms with Crippen LogP contribution in [0.4, 0.5) is 5.69 Å². The van der Waals surface area contributed by atoms with Crippen LogP contribution in [-0.2, 0) is 9.59 Å². The first-order chi connectivity index (χ1) is 14.6. The minimum atomic E-state index is -0.881. The third-order valence-electron chi connectivity index (χ3n) is 3.74. The van der Waals surface area contributed by atoms with Crippen molar-refractivity contribution >= 4 is 23.7 Å². The van der Waals surface area contributed by atoms with Crippen molar-refractivity contribution in [2.24, 2.45) is 5.10 Å². The number of hydrogen-bond acceptors (Lipinski definition) is 6. The number of amides is 2. The number of rotatable bonds is 10. The number of benzene rings is 2. The van der Waals surface area contributed by atoms with Crippen LogP contribution < -0.4 is 25.0 Å². The molecule has 8 heteroatoms. The van der Waals surface area contributed by atoms with Crippen molar-refractivity contribution in [2.45, 2.75) is 27.2 Å². The highest BCUT2D eigenvalue weighted by Crippen LogP contribution is 2.28. The average molecular weight is 413 g/mol. The van der Waals surface area contributed by atoms with E-state index in [4.69, 9.17) is 14.2 Å². The van der Waals surface area contributed by atoms with E-state index in [1.165, 1.54) is 6.21 Å². The SMILES string of the molecule is CCCOc1ccc(/C=N\NC(=O)C(=O)Nc2ccc(OCC)cc2)cc1OCC. The van der Waals surface area contributed by atoms with E-state index >= 15 is 0 Å². The van der Waals surface area contributed by atoms with Gasteiger partial charge in [0.2, 0.25) is 0 Å². The Morgan fingerprint density at radius 3 is 2.30 bits per heavy atom. The van der Waals surface area contributed by atoms with Crippen molar-refractivity contribution in [1.29, 1.82) is 0 Å². The van der Waals surface area contributed by atoms with Gasteiger partial charge in [-0.05, 0) is 68.3 Å². The minimum absolute atomic E-state index is 0.478. The number of hydrogen-bond donors (Lipinski definition) is 2. The van der Waals surface area contributed by atoms with Crippen LogP contribution in [0.1, 0.15) is 32.8 Å². The first-order valence-electron chi connectivity index (χ1n) is 9.84. The highest BCUT2D eigenvalue weighted by atomic mass is 16.5. The maximum Gasteiger partial charge on any atom is 0.329 e. The fourth-order valence-corrected chi connectivity index (χ4v) is 2.41. The molecule has 0 fully saturated rings. The van der Waals surface area contributed by atoms with Crippen molar-refractivity contribution in [2.75, 3.05) is 25.1 Å². The van der Waals surface area contributed by atoms with Crippen LogP contribution in [0.15, 0.2) is 47.6 Å². The molecule has 8 nitrogen and oxygen atoms in total. The second-order valence-corrected chi connectivity index (χ2v) is 6.10. The lowest BCUT2D eigenvalue weighted by molar-refractivity contribution is -0.136. The fraction of sp³-hybridized carbons (Fsp3) is 0.318. The van der Waals surface area contributed by atoms with Crippen LogP contribution in [-0.4, -0.2) is 37.8 Å². The third-order valence-corrected chi connectivity index (χ3v) is 3.74. The predicted octanol–water partition coefficient (Wildman–Crippen LogP) is 3.36. The van der Waals surface area contributed by atoms with E-state index in [0.717, 1.165) is 6.42 Å². The molecule has 2 aromatic rings. The van der Waals surface area contributed by atoms with Gasteiger partial charge < -0.3 is 19.5 Å². The lowest BCUT2D eigenvalue weighted by Crippen LogP contribution is -2.32. The van der Waals surface area contributed by atoms with E-state index in [1.807, 2.05) is 20.8 Å². The summed E-state index contributed by atoms with van der Waals surface area (Å²) in [7, 11) is 0. The van der Waals surface area contributed by atoms with E-state index in [1.54, 1.807) is 42.5 Å². The van der Waals surface area contributed by atoms with Gasteiger partial charge >= 0.3 is 11.8 Å². The Morgan fingerprint density at radius 1 is 0.900 bits per heavy atom. The second kappa shape index (κ2) is 12.1. The van der Waals surface area contributed by atoms with Gasteiger partial charge in [0.05, 0.1) is 26.0 Å². The summed E-state index contributed by atoms with van der Waals surface area (Å²) in [5.41, 5.74) is 3.37. The lowest BCUT2D eigenvalue weighted by atomic mass is 10.2. The number of carbonyl (C=O) groups is 2. The van der Waals surface area contributed by atoms with Crippen molar-refractivity contribution in [3.63, 3.8) is 0 Å². The van der Waals surface area contributed by atoms with Gasteiger partial charge in [-0.15, -0.1) is 0 Å². The highest BCUT2D eigenvalue weighted by molar-refractivity contribution is 6.39. The molecule has 0 aliphatic carbocycles. The summed E-state index contributed by atoms with van der Waals surface area (Å²) in [6, 6.07) is 12.0. The van der Waals surface area contributed by atoms with Crippen molar-refractivity contribution in [1.82, 2.24) is 5.43 Å². The van der Waals surface area contributed by atoms with Crippen LogP contribution >= 0.6 is 0 Å². The van der Waals surface area contributed by atoms with E-state index < -0.39 is 11.8 Å². The zero-order chi connectivity index (χ0) is 21.8. The van der Waals surface area contributed by atoms with E-state index in [-0.39, 0.29) is 0 Å². The molecule has 0 spiro atoms. The van der Waals surface area contributed by atoms with E-state index in [0.29, 0.717) is 48.3 Å². The molecule has 0 heterocycles. The summed E-state index contributed by atoms with van der Waals surface area (Å²) in [5, 5.41) is 6.33. The molecule has 2 aromatic carbocycles. The molecule has 2 rings (SSSR count). The standard InChI is InChI=1S/C22H27N3O5/c1-4-13-30-19-12-7-16(14-20(19)29-6-3)15-23-25-22(27)21(26)24-17-8-10-18(11-9-17)28-5-2/h7-12,14-15H,4-6,13H2,1-3H3,(H,24,26)(H,25,27)/b23-15-. The number of nitrogens with one attached hydrogen (secondary N) is 2. The monoisotopic (exact) mass is 413 g/mol. The molecule has 0 unspecified atom stereocenters. The molecule has 0 aliphatic rings. The molecular weight excluding hydrogens is 386 g/mol. The Morgan fingerprint density at radius 2 is 1.63 bits per heavy atom. The Labute approximate surface area is 176 Å². The van der Waals surface area contributed by atoms with E-state index in [9.17, 15) is 9.59 Å². The summed E-state index contributed by atoms with van der Waals surface area (Å²) in [6.07, 6.45) is 2.31. The zero-order valence-electron chi connectivity index (χ0n) is 17.4. The van der Waals surface area contributed by atoms with Crippen molar-refractivity contribution < 1.29 is 23.8 Å². The Bertz CT molecular complexity index is 866. The summed E-state index contributed by atoms with van der Waals surface area (Å²) in [6.45, 7) is 7.42. The number of ether oxygens (including phenoxy) is 3. The summed E-state index contributed by atoms with van der Waals surface area (Å²) in [5.74, 6) is 0.217. The lowest BCUT2D eigenvalue weighted by Gasteiger charge is -2.11. The van der Waals surface area contributed by atoms with Gasteiger partial charge in [-0.3, -0.25) is 9.59 Å². The zero-order valence-corrected chi connectivity index (χ0v) is 17.4. The molecule has 0 aromatic heterocycles. The van der Waals surface area contributed by atoms with Crippen molar-refractivity contribution in [3.8, 4) is 17.2 Å². The first-order valence-corrected chi connectivity index (χ1v) is 9.84. The smallest absolute Gasteiger partial charge is 0.329 e. The van der Waals surface area contributed by atoms with E-state index in [2.05, 4.69) is 15.8 Å². The normalized spacial score (nSPS) is 10.5. The maximum atomic E-state index is 12.0. The van der Waals surface area contributed by atoms with Crippen LogP contribution in [0.2, 0.25) is 0 Å². The Kier molecular flexibility index (Phi) is 9.18. The topological polar surface area (TPSA) is 98.2 Å². The van der Waals surface area contributed by atoms with Gasteiger partial charge in [-0.1, -0.05) is 6.92 Å². The van der Waals surface area contributed by atoms with Crippen LogP contribution in [0, 0.1) is 0 Å². The third kappa shape index (κ3) is 7.12. The molecule has 0 saturated carbocycles. The molecule has 0 bridgehead atoms. The maximum absolute atomic E-state index is 12.0. The van der Waals surface area contributed by atoms with Gasteiger partial charge in [-0.2, -0.15) is 5.10 Å². The largest absolute Gasteiger partial charge is 0.494 e. The van der Waals surface area contributed by atoms with Gasteiger partial charge in [0, 0.05) is 5.69 Å². The molecule has 30 heavy (non-hydrogen) atoms. The summed E-state index contributed by atoms with van der Waals surface area (Å²) >= 11 is 0. The molecule has 2 N–H and O–H groups in total. The molecule has 0 saturated heterocycles. The molecule has 160 valence electrons. The predicted molar refractivity (Wildman–Crippen MR) is 115 cm³/mol. The summed E-state index contributed by atoms with van der Waals surface area (Å²) < 4.78 is 16.6. The molecule has 0 atom stereocenters. The number of hydrazone groups is 1. The van der Waals surface area contributed by atoms with Crippen molar-refractivity contribution in [3.05, 3.63) is 48.0 Å². The number of carbonyl (C=O) groups excluding carboxylic acids is 2. The van der Waals surface area contributed by atoms with Gasteiger partial charge in [0.25, 0.3) is 0 Å². The summed E-state index contributed by atoms with van der Waals surface area (Å²) in [4.78, 5) is 23.9. The molecule has 0 aliphatic heterocycles. The van der Waals surface area contributed by atoms with Gasteiger partial charge in [0.15, 0.2) is 11.5 Å². The minimum Gasteiger partial charge on any atom is -0.494 e. The first kappa shape index (κ1) is 22.7. The van der Waals surface area contributed by atoms with Crippen LogP contribution in [0.25, 0.3) is 0 Å². The average Bonchev–Trinajstić information content (AvgIpc) is 2.75. The molecule has 0 radical (unpaired) electrons. The number of nitrogens with zero attached hydrogens (tertiary/aromatic N) is 1. The van der Waals surface area contributed by atoms with Gasteiger partial charge in [-0.25, -0.2) is 5.43 Å². The quantitative estimate of drug-likeness (QED) is 0.354. The van der Waals surface area contributed by atoms with Gasteiger partial charge in [0.1, 0.15) is 5.75 Å². The second-order valence-electron chi connectivity index (χ2n) is 6.10. The fourth-order valence-electron chi connectivity index (χ4n) is 2.41. The highest BCUT2D eigenvalue weighted by Gasteiger charge is 2.13. The van der Waals surface area contributed by atoms with Crippen LogP contribution in [0.5, 0.6) is 17.2 Å². The Hall–Kier alpha value is -3.55. The molecular formula is C22H27N3O5. The Balaban J connectivity index is 1.92. The molecule has 2 amide bonds.